The highest BCUT2D eigenvalue weighted by Gasteiger charge is 2.15. The zero-order valence-electron chi connectivity index (χ0n) is 6.86. The molecular formula is C6H7ClN2O3S2. The Hall–Kier alpha value is -0.630. The zero-order valence-corrected chi connectivity index (χ0v) is 9.25. The van der Waals surface area contributed by atoms with Crippen LogP contribution >= 0.6 is 22.9 Å². The lowest BCUT2D eigenvalue weighted by molar-refractivity contribution is -0.119. The Bertz CT molecular complexity index is 401. The summed E-state index contributed by atoms with van der Waals surface area (Å²) in [6.07, 6.45) is 0. The molecule has 14 heavy (non-hydrogen) atoms. The Labute approximate surface area is 90.1 Å². The summed E-state index contributed by atoms with van der Waals surface area (Å²) >= 11 is 6.22. The first-order valence-corrected chi connectivity index (χ1v) is 6.36. The zero-order chi connectivity index (χ0) is 10.6. The predicted octanol–water partition coefficient (Wildman–Crippen LogP) is 0.296. The Morgan fingerprint density at radius 3 is 2.79 bits per heavy atom. The van der Waals surface area contributed by atoms with Crippen molar-refractivity contribution in [3.8, 4) is 0 Å². The molecule has 0 aliphatic rings. The highest BCUT2D eigenvalue weighted by atomic mass is 35.5. The molecule has 0 aliphatic heterocycles. The molecule has 2 N–H and O–H groups in total. The van der Waals surface area contributed by atoms with Crippen molar-refractivity contribution in [1.29, 1.82) is 0 Å². The number of hydrogen-bond acceptors (Lipinski definition) is 4. The maximum absolute atomic E-state index is 11.4. The van der Waals surface area contributed by atoms with Crippen LogP contribution in [0.25, 0.3) is 0 Å². The number of nitrogens with one attached hydrogen (secondary N) is 2. The van der Waals surface area contributed by atoms with E-state index in [9.17, 15) is 13.2 Å². The number of sulfonamides is 1. The standard InChI is InChI=1S/C6H7ClN2O3S2/c7-4-5(10)8-9-14(11,12)6-2-1-3-13-6/h1-3,9H,4H2,(H,8,10). The number of thiophene rings is 1. The van der Waals surface area contributed by atoms with E-state index >= 15 is 0 Å². The van der Waals surface area contributed by atoms with Gasteiger partial charge in [0.05, 0.1) is 0 Å². The molecule has 0 aliphatic carbocycles. The summed E-state index contributed by atoms with van der Waals surface area (Å²) in [4.78, 5) is 12.6. The lowest BCUT2D eigenvalue weighted by Crippen LogP contribution is -2.41. The number of rotatable bonds is 4. The van der Waals surface area contributed by atoms with Crippen LogP contribution in [0.4, 0.5) is 0 Å². The fourth-order valence-electron chi connectivity index (χ4n) is 0.624. The van der Waals surface area contributed by atoms with Crippen LogP contribution in [0.5, 0.6) is 0 Å². The SMILES string of the molecule is O=C(CCl)NNS(=O)(=O)c1cccs1. The Kier molecular flexibility index (Phi) is 3.87. The quantitative estimate of drug-likeness (QED) is 0.599. The van der Waals surface area contributed by atoms with Gasteiger partial charge in [0.25, 0.3) is 10.0 Å². The van der Waals surface area contributed by atoms with Gasteiger partial charge in [-0.15, -0.1) is 27.8 Å². The van der Waals surface area contributed by atoms with E-state index in [1.807, 2.05) is 10.3 Å². The third kappa shape index (κ3) is 2.95. The van der Waals surface area contributed by atoms with Crippen molar-refractivity contribution in [2.45, 2.75) is 4.21 Å². The second-order valence-electron chi connectivity index (χ2n) is 2.22. The number of halogens is 1. The highest BCUT2D eigenvalue weighted by Crippen LogP contribution is 2.14. The number of alkyl halides is 1. The molecule has 0 atom stereocenters. The molecule has 0 spiro atoms. The maximum atomic E-state index is 11.4. The summed E-state index contributed by atoms with van der Waals surface area (Å²) < 4.78 is 22.8. The second-order valence-corrected chi connectivity index (χ2v) is 5.34. The third-order valence-corrected chi connectivity index (χ3v) is 4.09. The molecule has 1 aromatic rings. The largest absolute Gasteiger partial charge is 0.277 e. The molecular weight excluding hydrogens is 248 g/mol. The Morgan fingerprint density at radius 2 is 2.29 bits per heavy atom. The molecule has 1 amide bonds. The van der Waals surface area contributed by atoms with E-state index in [-0.39, 0.29) is 10.1 Å². The molecule has 78 valence electrons. The van der Waals surface area contributed by atoms with Crippen LogP contribution in [0.3, 0.4) is 0 Å². The minimum absolute atomic E-state index is 0.132. The lowest BCUT2D eigenvalue weighted by atomic mass is 10.7. The topological polar surface area (TPSA) is 75.3 Å². The van der Waals surface area contributed by atoms with Gasteiger partial charge < -0.3 is 0 Å². The van der Waals surface area contributed by atoms with E-state index in [0.29, 0.717) is 0 Å². The number of hydrazine groups is 1. The molecule has 1 rings (SSSR count). The monoisotopic (exact) mass is 254 g/mol. The molecule has 0 saturated carbocycles. The Balaban J connectivity index is 2.65. The normalized spacial score (nSPS) is 11.2. The van der Waals surface area contributed by atoms with Crippen molar-refractivity contribution in [3.05, 3.63) is 17.5 Å². The van der Waals surface area contributed by atoms with Crippen LogP contribution in [0.15, 0.2) is 21.7 Å². The average Bonchev–Trinajstić information content (AvgIpc) is 2.67. The Morgan fingerprint density at radius 1 is 1.57 bits per heavy atom. The minimum atomic E-state index is -3.64. The highest BCUT2D eigenvalue weighted by molar-refractivity contribution is 7.91. The van der Waals surface area contributed by atoms with Gasteiger partial charge in [-0.1, -0.05) is 6.07 Å². The van der Waals surface area contributed by atoms with Gasteiger partial charge in [0.15, 0.2) is 0 Å². The van der Waals surface area contributed by atoms with Gasteiger partial charge in [-0.2, -0.15) is 0 Å². The van der Waals surface area contributed by atoms with E-state index in [4.69, 9.17) is 11.6 Å². The minimum Gasteiger partial charge on any atom is -0.277 e. The van der Waals surface area contributed by atoms with Gasteiger partial charge >= 0.3 is 0 Å². The molecule has 1 heterocycles. The molecule has 8 heteroatoms. The van der Waals surface area contributed by atoms with Gasteiger partial charge in [0.1, 0.15) is 10.1 Å². The lowest BCUT2D eigenvalue weighted by Gasteiger charge is -2.04. The second kappa shape index (κ2) is 4.74. The fourth-order valence-corrected chi connectivity index (χ4v) is 2.54. The van der Waals surface area contributed by atoms with Gasteiger partial charge in [0.2, 0.25) is 5.91 Å². The molecule has 0 bridgehead atoms. The summed E-state index contributed by atoms with van der Waals surface area (Å²) in [5.41, 5.74) is 1.96. The number of carbonyl (C=O) groups excluding carboxylic acids is 1. The van der Waals surface area contributed by atoms with Gasteiger partial charge in [-0.25, -0.2) is 8.42 Å². The van der Waals surface area contributed by atoms with Crippen LogP contribution in [0, 0.1) is 0 Å². The molecule has 1 aromatic heterocycles. The van der Waals surface area contributed by atoms with Crippen LogP contribution in [-0.2, 0) is 14.8 Å². The maximum Gasteiger partial charge on any atom is 0.266 e. The first kappa shape index (κ1) is 11.4. The summed E-state index contributed by atoms with van der Waals surface area (Å²) in [6.45, 7) is 0. The van der Waals surface area contributed by atoms with Crippen LogP contribution in [-0.4, -0.2) is 20.2 Å². The van der Waals surface area contributed by atoms with Crippen LogP contribution in [0.2, 0.25) is 0 Å². The van der Waals surface area contributed by atoms with Crippen molar-refractivity contribution in [2.24, 2.45) is 0 Å². The van der Waals surface area contributed by atoms with Gasteiger partial charge in [-0.05, 0) is 11.4 Å². The molecule has 0 saturated heterocycles. The van der Waals surface area contributed by atoms with Gasteiger partial charge in [0, 0.05) is 0 Å². The smallest absolute Gasteiger partial charge is 0.266 e. The van der Waals surface area contributed by atoms with Crippen molar-refractivity contribution < 1.29 is 13.2 Å². The summed E-state index contributed by atoms with van der Waals surface area (Å²) in [5, 5.41) is 1.62. The number of amides is 1. The van der Waals surface area contributed by atoms with E-state index in [2.05, 4.69) is 0 Å². The molecule has 0 unspecified atom stereocenters. The summed E-state index contributed by atoms with van der Waals surface area (Å²) in [6, 6.07) is 3.03. The van der Waals surface area contributed by atoms with E-state index in [0.717, 1.165) is 11.3 Å². The van der Waals surface area contributed by atoms with Crippen LogP contribution in [0.1, 0.15) is 0 Å². The van der Waals surface area contributed by atoms with Crippen molar-refractivity contribution in [2.75, 3.05) is 5.88 Å². The van der Waals surface area contributed by atoms with E-state index in [1.165, 1.54) is 6.07 Å². The van der Waals surface area contributed by atoms with Crippen molar-refractivity contribution in [1.82, 2.24) is 10.3 Å². The first-order chi connectivity index (χ1) is 6.56. The van der Waals surface area contributed by atoms with E-state index < -0.39 is 15.9 Å². The third-order valence-electron chi connectivity index (χ3n) is 1.21. The number of carbonyl (C=O) groups is 1. The predicted molar refractivity (Wildman–Crippen MR) is 53.5 cm³/mol. The molecule has 5 nitrogen and oxygen atoms in total. The fraction of sp³-hybridized carbons (Fsp3) is 0.167. The van der Waals surface area contributed by atoms with E-state index in [1.54, 1.807) is 11.4 Å². The van der Waals surface area contributed by atoms with Crippen molar-refractivity contribution >= 4 is 38.9 Å². The first-order valence-electron chi connectivity index (χ1n) is 3.46. The summed E-state index contributed by atoms with van der Waals surface area (Å²) in [7, 11) is -3.64. The summed E-state index contributed by atoms with van der Waals surface area (Å²) in [5.74, 6) is -0.903. The average molecular weight is 255 g/mol. The molecule has 0 aromatic carbocycles. The van der Waals surface area contributed by atoms with Crippen LogP contribution < -0.4 is 10.3 Å². The van der Waals surface area contributed by atoms with Crippen molar-refractivity contribution in [3.63, 3.8) is 0 Å². The van der Waals surface area contributed by atoms with Gasteiger partial charge in [-0.3, -0.25) is 10.2 Å². The molecule has 0 fully saturated rings. The number of hydrogen-bond donors (Lipinski definition) is 2. The molecule has 0 radical (unpaired) electrons.